The number of nitrogens with zero attached hydrogens (tertiary/aromatic N) is 1. The summed E-state index contributed by atoms with van der Waals surface area (Å²) in [7, 11) is -0.356. The molecular weight excluding hydrogens is 369 g/mol. The molecule has 3 nitrogen and oxygen atoms in total. The number of para-hydroxylation sites is 2. The van der Waals surface area contributed by atoms with Crippen LogP contribution in [0.25, 0.3) is 0 Å². The first-order chi connectivity index (χ1) is 14.2. The molecule has 3 aromatic rings. The Labute approximate surface area is 180 Å². The van der Waals surface area contributed by atoms with Gasteiger partial charge >= 0.3 is 7.12 Å². The van der Waals surface area contributed by atoms with Gasteiger partial charge < -0.3 is 14.2 Å². The smallest absolute Gasteiger partial charge is 0.399 e. The molecule has 0 aliphatic carbocycles. The molecule has 0 atom stereocenters. The molecule has 0 saturated carbocycles. The third kappa shape index (κ3) is 3.66. The van der Waals surface area contributed by atoms with E-state index < -0.39 is 0 Å². The Balaban J connectivity index is 1.78. The molecule has 4 rings (SSSR count). The maximum Gasteiger partial charge on any atom is 0.495 e. The average molecular weight is 399 g/mol. The largest absolute Gasteiger partial charge is 0.495 e. The molecule has 0 radical (unpaired) electrons. The van der Waals surface area contributed by atoms with E-state index in [1.165, 1.54) is 11.1 Å². The van der Waals surface area contributed by atoms with Gasteiger partial charge in [0, 0.05) is 17.1 Å². The highest BCUT2D eigenvalue weighted by Gasteiger charge is 2.52. The molecule has 4 heteroatoms. The summed E-state index contributed by atoms with van der Waals surface area (Å²) in [5, 5.41) is 0. The minimum absolute atomic E-state index is 0.352. The van der Waals surface area contributed by atoms with E-state index in [0.29, 0.717) is 0 Å². The van der Waals surface area contributed by atoms with Crippen LogP contribution in [0.2, 0.25) is 0 Å². The summed E-state index contributed by atoms with van der Waals surface area (Å²) in [6.45, 7) is 12.7. The molecule has 30 heavy (non-hydrogen) atoms. The maximum absolute atomic E-state index is 6.35. The summed E-state index contributed by atoms with van der Waals surface area (Å²) >= 11 is 0. The van der Waals surface area contributed by atoms with Crippen LogP contribution in [-0.4, -0.2) is 18.3 Å². The first-order valence-electron chi connectivity index (χ1n) is 10.6. The lowest BCUT2D eigenvalue weighted by atomic mass is 9.73. The normalized spacial score (nSPS) is 17.2. The molecule has 0 bridgehead atoms. The average Bonchev–Trinajstić information content (AvgIpc) is 2.90. The SMILES string of the molecule is Cc1cc(N(c2ccccc2)c2ccccc2)cc(C)c1B1OC(C)(C)C(C)(C)O1. The zero-order chi connectivity index (χ0) is 21.5. The number of aryl methyl sites for hydroxylation is 2. The summed E-state index contributed by atoms with van der Waals surface area (Å²) in [4.78, 5) is 2.29. The Hall–Kier alpha value is -2.56. The van der Waals surface area contributed by atoms with Crippen molar-refractivity contribution >= 4 is 29.6 Å². The van der Waals surface area contributed by atoms with E-state index >= 15 is 0 Å². The van der Waals surface area contributed by atoms with Crippen molar-refractivity contribution in [1.29, 1.82) is 0 Å². The van der Waals surface area contributed by atoms with Crippen molar-refractivity contribution < 1.29 is 9.31 Å². The fourth-order valence-corrected chi connectivity index (χ4v) is 4.01. The Kier molecular flexibility index (Phi) is 5.25. The maximum atomic E-state index is 6.35. The van der Waals surface area contributed by atoms with Crippen molar-refractivity contribution in [2.75, 3.05) is 4.90 Å². The number of hydrogen-bond donors (Lipinski definition) is 0. The molecule has 1 heterocycles. The van der Waals surface area contributed by atoms with E-state index in [1.54, 1.807) is 0 Å². The van der Waals surface area contributed by atoms with E-state index in [9.17, 15) is 0 Å². The van der Waals surface area contributed by atoms with Gasteiger partial charge in [-0.25, -0.2) is 0 Å². The van der Waals surface area contributed by atoms with Gasteiger partial charge in [0.05, 0.1) is 11.2 Å². The summed E-state index contributed by atoms with van der Waals surface area (Å²) < 4.78 is 12.7. The lowest BCUT2D eigenvalue weighted by molar-refractivity contribution is 0.00578. The van der Waals surface area contributed by atoms with Gasteiger partial charge in [0.2, 0.25) is 0 Å². The molecule has 0 N–H and O–H groups in total. The van der Waals surface area contributed by atoms with E-state index in [4.69, 9.17) is 9.31 Å². The molecule has 1 aliphatic heterocycles. The zero-order valence-electron chi connectivity index (χ0n) is 18.8. The van der Waals surface area contributed by atoms with Crippen LogP contribution in [0.5, 0.6) is 0 Å². The first-order valence-corrected chi connectivity index (χ1v) is 10.6. The minimum atomic E-state index is -0.356. The molecule has 0 spiro atoms. The predicted molar refractivity (Wildman–Crippen MR) is 126 cm³/mol. The molecule has 0 aromatic heterocycles. The van der Waals surface area contributed by atoms with Crippen molar-refractivity contribution in [1.82, 2.24) is 0 Å². The number of hydrogen-bond acceptors (Lipinski definition) is 3. The molecular formula is C26H30BNO2. The van der Waals surface area contributed by atoms with E-state index in [1.807, 2.05) is 12.1 Å². The van der Waals surface area contributed by atoms with E-state index in [-0.39, 0.29) is 18.3 Å². The second-order valence-electron chi connectivity index (χ2n) is 9.09. The van der Waals surface area contributed by atoms with Crippen molar-refractivity contribution in [3.05, 3.63) is 83.9 Å². The van der Waals surface area contributed by atoms with Crippen LogP contribution >= 0.6 is 0 Å². The van der Waals surface area contributed by atoms with Crippen molar-refractivity contribution in [3.8, 4) is 0 Å². The van der Waals surface area contributed by atoms with Gasteiger partial charge in [-0.15, -0.1) is 0 Å². The van der Waals surface area contributed by atoms with Crippen LogP contribution < -0.4 is 10.4 Å². The fraction of sp³-hybridized carbons (Fsp3) is 0.308. The highest BCUT2D eigenvalue weighted by Crippen LogP contribution is 2.38. The summed E-state index contributed by atoms with van der Waals surface area (Å²) in [6.07, 6.45) is 0. The van der Waals surface area contributed by atoms with Crippen molar-refractivity contribution in [2.24, 2.45) is 0 Å². The summed E-state index contributed by atoms with van der Waals surface area (Å²) in [6, 6.07) is 25.4. The second-order valence-corrected chi connectivity index (χ2v) is 9.09. The van der Waals surface area contributed by atoms with Crippen LogP contribution in [0.3, 0.4) is 0 Å². The van der Waals surface area contributed by atoms with Gasteiger partial charge in [-0.05, 0) is 94.5 Å². The van der Waals surface area contributed by atoms with Gasteiger partial charge in [-0.2, -0.15) is 0 Å². The van der Waals surface area contributed by atoms with E-state index in [2.05, 4.69) is 107 Å². The van der Waals surface area contributed by atoms with Gasteiger partial charge in [0.15, 0.2) is 0 Å². The number of rotatable bonds is 4. The zero-order valence-corrected chi connectivity index (χ0v) is 18.8. The lowest BCUT2D eigenvalue weighted by Crippen LogP contribution is -2.41. The van der Waals surface area contributed by atoms with Gasteiger partial charge in [0.1, 0.15) is 0 Å². The van der Waals surface area contributed by atoms with Crippen LogP contribution in [0, 0.1) is 13.8 Å². The number of benzene rings is 3. The highest BCUT2D eigenvalue weighted by atomic mass is 16.7. The molecule has 3 aromatic carbocycles. The van der Waals surface area contributed by atoms with Gasteiger partial charge in [0.25, 0.3) is 0 Å². The van der Waals surface area contributed by atoms with Crippen molar-refractivity contribution in [3.63, 3.8) is 0 Å². The topological polar surface area (TPSA) is 21.7 Å². The van der Waals surface area contributed by atoms with Crippen LogP contribution in [0.4, 0.5) is 17.1 Å². The molecule has 1 saturated heterocycles. The first kappa shape index (κ1) is 20.7. The molecule has 0 unspecified atom stereocenters. The summed E-state index contributed by atoms with van der Waals surface area (Å²) in [5.74, 6) is 0. The summed E-state index contributed by atoms with van der Waals surface area (Å²) in [5.41, 5.74) is 6.14. The Morgan fingerprint density at radius 2 is 1.03 bits per heavy atom. The van der Waals surface area contributed by atoms with Crippen molar-refractivity contribution in [2.45, 2.75) is 52.7 Å². The lowest BCUT2D eigenvalue weighted by Gasteiger charge is -2.32. The fourth-order valence-electron chi connectivity index (χ4n) is 4.01. The van der Waals surface area contributed by atoms with Gasteiger partial charge in [-0.1, -0.05) is 36.4 Å². The Bertz CT molecular complexity index is 953. The Morgan fingerprint density at radius 3 is 1.43 bits per heavy atom. The molecule has 1 aliphatic rings. The Morgan fingerprint density at radius 1 is 0.633 bits per heavy atom. The van der Waals surface area contributed by atoms with Crippen LogP contribution in [-0.2, 0) is 9.31 Å². The third-order valence-corrected chi connectivity index (χ3v) is 6.35. The minimum Gasteiger partial charge on any atom is -0.399 e. The standard InChI is InChI=1S/C26H30BNO2/c1-19-17-23(18-20(2)24(19)27-29-25(3,4)26(5,6)30-27)28(21-13-9-7-10-14-21)22-15-11-8-12-16-22/h7-18H,1-6H3. The van der Waals surface area contributed by atoms with E-state index in [0.717, 1.165) is 22.5 Å². The third-order valence-electron chi connectivity index (χ3n) is 6.35. The highest BCUT2D eigenvalue weighted by molar-refractivity contribution is 6.63. The van der Waals surface area contributed by atoms with Gasteiger partial charge in [-0.3, -0.25) is 0 Å². The predicted octanol–water partition coefficient (Wildman–Crippen LogP) is 6.07. The molecule has 154 valence electrons. The van der Waals surface area contributed by atoms with Crippen LogP contribution in [0.1, 0.15) is 38.8 Å². The second kappa shape index (κ2) is 7.61. The molecule has 0 amide bonds. The number of anilines is 3. The van der Waals surface area contributed by atoms with Crippen LogP contribution in [0.15, 0.2) is 72.8 Å². The quantitative estimate of drug-likeness (QED) is 0.497. The monoisotopic (exact) mass is 399 g/mol. The molecule has 1 fully saturated rings.